The van der Waals surface area contributed by atoms with E-state index >= 15 is 0 Å². The van der Waals surface area contributed by atoms with Gasteiger partial charge in [0.15, 0.2) is 0 Å². The van der Waals surface area contributed by atoms with E-state index in [2.05, 4.69) is 47.6 Å². The fraction of sp³-hybridized carbons (Fsp3) is 0.545. The molecule has 5 nitrogen and oxygen atoms in total. The van der Waals surface area contributed by atoms with Gasteiger partial charge in [0.25, 0.3) is 0 Å². The Bertz CT molecular complexity index is 474. The standard InChI is InChI=1S/C11H17N5S/c1-4-10-14-15-11(17-10)12-5-9-6-13-16(7-9)8(2)3/h6-8H,4-5H2,1-3H3,(H,12,15). The third kappa shape index (κ3) is 3.03. The van der Waals surface area contributed by atoms with Crippen LogP contribution >= 0.6 is 11.3 Å². The fourth-order valence-corrected chi connectivity index (χ4v) is 2.07. The molecule has 2 aromatic rings. The molecule has 0 spiro atoms. The van der Waals surface area contributed by atoms with Crippen LogP contribution in [0.5, 0.6) is 0 Å². The van der Waals surface area contributed by atoms with Crippen LogP contribution < -0.4 is 5.32 Å². The van der Waals surface area contributed by atoms with Crippen molar-refractivity contribution in [2.75, 3.05) is 5.32 Å². The third-order valence-electron chi connectivity index (χ3n) is 2.40. The molecular formula is C11H17N5S. The molecule has 92 valence electrons. The van der Waals surface area contributed by atoms with Crippen LogP contribution in [0.4, 0.5) is 5.13 Å². The molecule has 0 saturated heterocycles. The summed E-state index contributed by atoms with van der Waals surface area (Å²) in [4.78, 5) is 0. The van der Waals surface area contributed by atoms with Crippen LogP contribution in [0, 0.1) is 0 Å². The van der Waals surface area contributed by atoms with Crippen molar-refractivity contribution in [2.24, 2.45) is 0 Å². The van der Waals surface area contributed by atoms with E-state index in [1.165, 1.54) is 0 Å². The molecule has 0 bridgehead atoms. The molecule has 2 aromatic heterocycles. The summed E-state index contributed by atoms with van der Waals surface area (Å²) in [7, 11) is 0. The predicted molar refractivity (Wildman–Crippen MR) is 69.2 cm³/mol. The van der Waals surface area contributed by atoms with Crippen molar-refractivity contribution in [3.63, 3.8) is 0 Å². The zero-order chi connectivity index (χ0) is 12.3. The van der Waals surface area contributed by atoms with E-state index in [1.54, 1.807) is 11.3 Å². The van der Waals surface area contributed by atoms with Crippen LogP contribution in [0.3, 0.4) is 0 Å². The lowest BCUT2D eigenvalue weighted by Gasteiger charge is -2.03. The van der Waals surface area contributed by atoms with Gasteiger partial charge < -0.3 is 5.32 Å². The lowest BCUT2D eigenvalue weighted by molar-refractivity contribution is 0.532. The number of anilines is 1. The van der Waals surface area contributed by atoms with Crippen LogP contribution in [-0.4, -0.2) is 20.0 Å². The van der Waals surface area contributed by atoms with E-state index in [4.69, 9.17) is 0 Å². The quantitative estimate of drug-likeness (QED) is 0.887. The van der Waals surface area contributed by atoms with Gasteiger partial charge >= 0.3 is 0 Å². The summed E-state index contributed by atoms with van der Waals surface area (Å²) < 4.78 is 1.95. The first kappa shape index (κ1) is 12.0. The summed E-state index contributed by atoms with van der Waals surface area (Å²) in [6.45, 7) is 7.05. The van der Waals surface area contributed by atoms with Crippen LogP contribution in [-0.2, 0) is 13.0 Å². The van der Waals surface area contributed by atoms with Gasteiger partial charge in [-0.15, -0.1) is 10.2 Å². The second-order valence-corrected chi connectivity index (χ2v) is 5.19. The van der Waals surface area contributed by atoms with Gasteiger partial charge in [-0.1, -0.05) is 18.3 Å². The number of aryl methyl sites for hydroxylation is 1. The molecule has 0 aliphatic carbocycles. The van der Waals surface area contributed by atoms with E-state index in [1.807, 2.05) is 10.9 Å². The Hall–Kier alpha value is -1.43. The number of nitrogens with one attached hydrogen (secondary N) is 1. The minimum Gasteiger partial charge on any atom is -0.356 e. The third-order valence-corrected chi connectivity index (χ3v) is 3.42. The Kier molecular flexibility index (Phi) is 3.73. The number of hydrogen-bond acceptors (Lipinski definition) is 5. The zero-order valence-corrected chi connectivity index (χ0v) is 11.2. The Morgan fingerprint density at radius 2 is 2.24 bits per heavy atom. The number of rotatable bonds is 5. The highest BCUT2D eigenvalue weighted by Gasteiger charge is 2.04. The molecule has 0 aliphatic rings. The molecule has 0 fully saturated rings. The summed E-state index contributed by atoms with van der Waals surface area (Å²) in [6, 6.07) is 0.400. The van der Waals surface area contributed by atoms with Crippen molar-refractivity contribution in [1.29, 1.82) is 0 Å². The Morgan fingerprint density at radius 3 is 2.82 bits per heavy atom. The molecule has 0 aromatic carbocycles. The summed E-state index contributed by atoms with van der Waals surface area (Å²) in [5.41, 5.74) is 1.16. The highest BCUT2D eigenvalue weighted by molar-refractivity contribution is 7.15. The summed E-state index contributed by atoms with van der Waals surface area (Å²) >= 11 is 1.60. The second kappa shape index (κ2) is 5.27. The lowest BCUT2D eigenvalue weighted by Crippen LogP contribution is -2.01. The molecule has 2 heterocycles. The number of aromatic nitrogens is 4. The van der Waals surface area contributed by atoms with E-state index < -0.39 is 0 Å². The van der Waals surface area contributed by atoms with Gasteiger partial charge in [0, 0.05) is 24.3 Å². The average Bonchev–Trinajstić information content (AvgIpc) is 2.95. The van der Waals surface area contributed by atoms with Gasteiger partial charge in [-0.05, 0) is 20.3 Å². The smallest absolute Gasteiger partial charge is 0.205 e. The molecule has 0 saturated carbocycles. The Morgan fingerprint density at radius 1 is 1.41 bits per heavy atom. The van der Waals surface area contributed by atoms with Gasteiger partial charge in [-0.25, -0.2) is 0 Å². The Labute approximate surface area is 105 Å². The second-order valence-electron chi connectivity index (χ2n) is 4.13. The molecule has 17 heavy (non-hydrogen) atoms. The average molecular weight is 251 g/mol. The molecule has 1 N–H and O–H groups in total. The summed E-state index contributed by atoms with van der Waals surface area (Å²) in [6.07, 6.45) is 4.87. The monoisotopic (exact) mass is 251 g/mol. The molecule has 0 amide bonds. The summed E-state index contributed by atoms with van der Waals surface area (Å²) in [5.74, 6) is 0. The van der Waals surface area contributed by atoms with Crippen molar-refractivity contribution >= 4 is 16.5 Å². The molecule has 0 radical (unpaired) electrons. The van der Waals surface area contributed by atoms with Crippen molar-refractivity contribution in [2.45, 2.75) is 39.8 Å². The van der Waals surface area contributed by atoms with Crippen LogP contribution in [0.15, 0.2) is 12.4 Å². The van der Waals surface area contributed by atoms with Gasteiger partial charge in [0.05, 0.1) is 6.20 Å². The maximum atomic E-state index is 4.29. The van der Waals surface area contributed by atoms with Gasteiger partial charge in [-0.3, -0.25) is 4.68 Å². The lowest BCUT2D eigenvalue weighted by atomic mass is 10.3. The maximum Gasteiger partial charge on any atom is 0.205 e. The van der Waals surface area contributed by atoms with Crippen molar-refractivity contribution in [1.82, 2.24) is 20.0 Å². The highest BCUT2D eigenvalue weighted by Crippen LogP contribution is 2.16. The van der Waals surface area contributed by atoms with Gasteiger partial charge in [-0.2, -0.15) is 5.10 Å². The first-order valence-electron chi connectivity index (χ1n) is 5.78. The molecule has 0 unspecified atom stereocenters. The first-order valence-corrected chi connectivity index (χ1v) is 6.60. The largest absolute Gasteiger partial charge is 0.356 e. The molecule has 6 heteroatoms. The van der Waals surface area contributed by atoms with Crippen molar-refractivity contribution in [3.05, 3.63) is 23.0 Å². The van der Waals surface area contributed by atoms with Gasteiger partial charge in [0.2, 0.25) is 5.13 Å². The minimum atomic E-state index is 0.400. The minimum absolute atomic E-state index is 0.400. The maximum absolute atomic E-state index is 4.29. The van der Waals surface area contributed by atoms with Crippen LogP contribution in [0.2, 0.25) is 0 Å². The van der Waals surface area contributed by atoms with Crippen molar-refractivity contribution < 1.29 is 0 Å². The zero-order valence-electron chi connectivity index (χ0n) is 10.3. The van der Waals surface area contributed by atoms with Crippen molar-refractivity contribution in [3.8, 4) is 0 Å². The van der Waals surface area contributed by atoms with Crippen LogP contribution in [0.1, 0.15) is 37.4 Å². The van der Waals surface area contributed by atoms with Crippen LogP contribution in [0.25, 0.3) is 0 Å². The number of hydrogen-bond donors (Lipinski definition) is 1. The summed E-state index contributed by atoms with van der Waals surface area (Å²) in [5, 5.41) is 17.6. The van der Waals surface area contributed by atoms with E-state index in [-0.39, 0.29) is 0 Å². The molecular weight excluding hydrogens is 234 g/mol. The highest BCUT2D eigenvalue weighted by atomic mass is 32.1. The predicted octanol–water partition coefficient (Wildman–Crippen LogP) is 2.49. The van der Waals surface area contributed by atoms with E-state index in [0.717, 1.165) is 28.7 Å². The first-order chi connectivity index (χ1) is 8.19. The Balaban J connectivity index is 1.92. The van der Waals surface area contributed by atoms with E-state index in [0.29, 0.717) is 6.04 Å². The fourth-order valence-electron chi connectivity index (χ4n) is 1.40. The number of nitrogens with zero attached hydrogens (tertiary/aromatic N) is 4. The topological polar surface area (TPSA) is 55.6 Å². The molecule has 2 rings (SSSR count). The van der Waals surface area contributed by atoms with Gasteiger partial charge in [0.1, 0.15) is 5.01 Å². The molecule has 0 aliphatic heterocycles. The SMILES string of the molecule is CCc1nnc(NCc2cnn(C(C)C)c2)s1. The normalized spacial score (nSPS) is 11.1. The molecule has 0 atom stereocenters. The van der Waals surface area contributed by atoms with E-state index in [9.17, 15) is 0 Å².